The first-order valence-corrected chi connectivity index (χ1v) is 15.4. The first-order chi connectivity index (χ1) is 20.7. The zero-order valence-electron chi connectivity index (χ0n) is 25.7. The van der Waals surface area contributed by atoms with Gasteiger partial charge in [-0.1, -0.05) is 6.92 Å². The predicted molar refractivity (Wildman–Crippen MR) is 153 cm³/mol. The van der Waals surface area contributed by atoms with Crippen molar-refractivity contribution >= 4 is 0 Å². The maximum absolute atomic E-state index is 11.3. The first kappa shape index (κ1) is 36.9. The maximum Gasteiger partial charge on any atom is 0.0991 e. The largest absolute Gasteiger partial charge is 0.394 e. The molecule has 0 amide bonds. The van der Waals surface area contributed by atoms with E-state index in [4.69, 9.17) is 23.7 Å². The number of likely N-dealkylation sites (N-methyl/N-ethyl adjacent to an activating group) is 3. The van der Waals surface area contributed by atoms with Crippen molar-refractivity contribution in [3.05, 3.63) is 0 Å². The lowest BCUT2D eigenvalue weighted by atomic mass is 9.83. The molecule has 3 saturated heterocycles. The fourth-order valence-corrected chi connectivity index (χ4v) is 6.95. The molecule has 0 radical (unpaired) electrons. The average molecular weight is 626 g/mol. The van der Waals surface area contributed by atoms with Crippen molar-refractivity contribution in [3.63, 3.8) is 0 Å². The summed E-state index contributed by atoms with van der Waals surface area (Å²) in [5.74, 6) is -1.38. The molecule has 15 heteroatoms. The molecule has 15 nitrogen and oxygen atoms in total. The lowest BCUT2D eigenvalue weighted by molar-refractivity contribution is -0.213. The van der Waals surface area contributed by atoms with E-state index in [1.165, 1.54) is 0 Å². The van der Waals surface area contributed by atoms with Crippen LogP contribution >= 0.6 is 0 Å². The molecule has 14 unspecified atom stereocenters. The summed E-state index contributed by atoms with van der Waals surface area (Å²) < 4.78 is 29.9. The molecule has 15 atom stereocenters. The SMILES string of the molecule is CCC1C(CO)OC(COCC2C(CO)OC(COCC3C(CO)OC(CO)C(NC)C3O)C(NC)C2O)C(NC)[C@H]1O. The lowest BCUT2D eigenvalue weighted by Crippen LogP contribution is -2.63. The fraction of sp³-hybridized carbons (Fsp3) is 1.00. The van der Waals surface area contributed by atoms with Crippen molar-refractivity contribution in [1.29, 1.82) is 0 Å². The van der Waals surface area contributed by atoms with E-state index < -0.39 is 84.9 Å². The molecule has 3 fully saturated rings. The van der Waals surface area contributed by atoms with Gasteiger partial charge in [0.05, 0.1) is 126 Å². The van der Waals surface area contributed by atoms with Gasteiger partial charge in [0.1, 0.15) is 0 Å². The van der Waals surface area contributed by atoms with Crippen LogP contribution in [-0.4, -0.2) is 183 Å². The van der Waals surface area contributed by atoms with E-state index in [1.54, 1.807) is 21.1 Å². The van der Waals surface area contributed by atoms with Crippen molar-refractivity contribution in [2.75, 3.05) is 74.0 Å². The van der Waals surface area contributed by atoms with Gasteiger partial charge in [0.25, 0.3) is 0 Å². The normalized spacial score (nSPS) is 44.0. The highest BCUT2D eigenvalue weighted by atomic mass is 16.6. The van der Waals surface area contributed by atoms with Crippen LogP contribution < -0.4 is 16.0 Å². The molecule has 0 aromatic carbocycles. The van der Waals surface area contributed by atoms with Gasteiger partial charge >= 0.3 is 0 Å². The Morgan fingerprint density at radius 2 is 0.814 bits per heavy atom. The van der Waals surface area contributed by atoms with Crippen molar-refractivity contribution in [2.24, 2.45) is 17.8 Å². The Morgan fingerprint density at radius 3 is 1.16 bits per heavy atom. The Kier molecular flexibility index (Phi) is 15.4. The lowest BCUT2D eigenvalue weighted by Gasteiger charge is -2.46. The topological polar surface area (TPSA) is 224 Å². The van der Waals surface area contributed by atoms with Crippen molar-refractivity contribution in [1.82, 2.24) is 16.0 Å². The molecular formula is C28H55N3O12. The van der Waals surface area contributed by atoms with Crippen LogP contribution in [0.15, 0.2) is 0 Å². The van der Waals surface area contributed by atoms with E-state index in [9.17, 15) is 35.7 Å². The quantitative estimate of drug-likeness (QED) is 0.0779. The molecule has 3 aliphatic rings. The summed E-state index contributed by atoms with van der Waals surface area (Å²) in [5.41, 5.74) is 0. The van der Waals surface area contributed by atoms with Crippen LogP contribution in [0.5, 0.6) is 0 Å². The molecule has 0 saturated carbocycles. The van der Waals surface area contributed by atoms with Crippen LogP contribution in [0.2, 0.25) is 0 Å². The van der Waals surface area contributed by atoms with E-state index in [1.807, 2.05) is 6.92 Å². The number of hydrogen-bond donors (Lipinski definition) is 10. The van der Waals surface area contributed by atoms with Gasteiger partial charge in [-0.25, -0.2) is 0 Å². The van der Waals surface area contributed by atoms with Crippen LogP contribution in [0.3, 0.4) is 0 Å². The third kappa shape index (κ3) is 8.41. The smallest absolute Gasteiger partial charge is 0.0991 e. The van der Waals surface area contributed by atoms with Gasteiger partial charge in [-0.15, -0.1) is 0 Å². The first-order valence-electron chi connectivity index (χ1n) is 15.4. The molecule has 3 aliphatic heterocycles. The molecule has 3 heterocycles. The molecule has 0 aromatic rings. The molecule has 43 heavy (non-hydrogen) atoms. The molecule has 254 valence electrons. The Bertz CT molecular complexity index is 789. The second kappa shape index (κ2) is 17.9. The monoisotopic (exact) mass is 625 g/mol. The van der Waals surface area contributed by atoms with Crippen LogP contribution in [0.4, 0.5) is 0 Å². The van der Waals surface area contributed by atoms with Crippen molar-refractivity contribution in [3.8, 4) is 0 Å². The molecule has 0 bridgehead atoms. The standard InChI is InChI=1S/C28H55N3O12/c1-5-14-17(6-32)42-21(24(30-3)26(14)36)12-40-11-16-19(8-34)43-22(25(31-4)28(16)38)13-39-10-15-18(7-33)41-20(9-35)23(29-2)27(15)37/h14-38H,5-13H2,1-4H3/t14?,15?,16?,17?,18?,19?,20?,21?,22?,23?,24?,25?,26-,27?,28?/m0/s1. The summed E-state index contributed by atoms with van der Waals surface area (Å²) in [5, 5.41) is 81.5. The Balaban J connectivity index is 1.57. The average Bonchev–Trinajstić information content (AvgIpc) is 3.01. The number of nitrogens with one attached hydrogen (secondary N) is 3. The zero-order chi connectivity index (χ0) is 31.7. The molecular weight excluding hydrogens is 570 g/mol. The highest BCUT2D eigenvalue weighted by molar-refractivity contribution is 4.98. The van der Waals surface area contributed by atoms with E-state index in [0.717, 1.165) is 0 Å². The molecule has 0 aromatic heterocycles. The molecule has 10 N–H and O–H groups in total. The van der Waals surface area contributed by atoms with E-state index in [0.29, 0.717) is 6.42 Å². The third-order valence-corrected chi connectivity index (χ3v) is 9.48. The van der Waals surface area contributed by atoms with E-state index in [-0.39, 0.29) is 58.8 Å². The zero-order valence-corrected chi connectivity index (χ0v) is 25.7. The number of aliphatic hydroxyl groups excluding tert-OH is 7. The van der Waals surface area contributed by atoms with Gasteiger partial charge in [-0.2, -0.15) is 0 Å². The number of rotatable bonds is 16. The van der Waals surface area contributed by atoms with Gasteiger partial charge in [-0.3, -0.25) is 0 Å². The number of ether oxygens (including phenoxy) is 5. The molecule has 3 rings (SSSR count). The van der Waals surface area contributed by atoms with Gasteiger partial charge in [0, 0.05) is 17.8 Å². The summed E-state index contributed by atoms with van der Waals surface area (Å²) in [6.07, 6.45) is -5.86. The van der Waals surface area contributed by atoms with Gasteiger partial charge < -0.3 is 75.4 Å². The van der Waals surface area contributed by atoms with Crippen LogP contribution in [0.25, 0.3) is 0 Å². The highest BCUT2D eigenvalue weighted by Crippen LogP contribution is 2.31. The Labute approximate surface area is 253 Å². The summed E-state index contributed by atoms with van der Waals surface area (Å²) in [6, 6.07) is -1.52. The van der Waals surface area contributed by atoms with Gasteiger partial charge in [0.15, 0.2) is 0 Å². The third-order valence-electron chi connectivity index (χ3n) is 9.48. The fourth-order valence-electron chi connectivity index (χ4n) is 6.95. The highest BCUT2D eigenvalue weighted by Gasteiger charge is 2.47. The summed E-state index contributed by atoms with van der Waals surface area (Å²) >= 11 is 0. The second-order valence-electron chi connectivity index (χ2n) is 11.8. The number of aliphatic hydroxyl groups is 7. The Morgan fingerprint density at radius 1 is 0.488 bits per heavy atom. The van der Waals surface area contributed by atoms with Crippen LogP contribution in [-0.2, 0) is 23.7 Å². The summed E-state index contributed by atoms with van der Waals surface area (Å²) in [7, 11) is 5.06. The van der Waals surface area contributed by atoms with Crippen molar-refractivity contribution < 1.29 is 59.4 Å². The summed E-state index contributed by atoms with van der Waals surface area (Å²) in [4.78, 5) is 0. The summed E-state index contributed by atoms with van der Waals surface area (Å²) in [6.45, 7) is 0.878. The minimum Gasteiger partial charge on any atom is -0.394 e. The minimum atomic E-state index is -0.968. The second-order valence-corrected chi connectivity index (χ2v) is 11.8. The van der Waals surface area contributed by atoms with E-state index in [2.05, 4.69) is 16.0 Å². The van der Waals surface area contributed by atoms with Crippen LogP contribution in [0.1, 0.15) is 13.3 Å². The van der Waals surface area contributed by atoms with Gasteiger partial charge in [-0.05, 0) is 27.6 Å². The molecule has 0 spiro atoms. The predicted octanol–water partition coefficient (Wildman–Crippen LogP) is -4.60. The van der Waals surface area contributed by atoms with E-state index >= 15 is 0 Å². The van der Waals surface area contributed by atoms with Gasteiger partial charge in [0.2, 0.25) is 0 Å². The molecule has 0 aliphatic carbocycles. The van der Waals surface area contributed by atoms with Crippen LogP contribution in [0, 0.1) is 17.8 Å². The van der Waals surface area contributed by atoms with Crippen molar-refractivity contribution in [2.45, 2.75) is 86.4 Å². The minimum absolute atomic E-state index is 0.0268. The number of hydrogen-bond acceptors (Lipinski definition) is 15. The Hall–Kier alpha value is -0.600. The maximum atomic E-state index is 11.3.